The average Bonchev–Trinajstić information content (AvgIpc) is 2.43. The lowest BCUT2D eigenvalue weighted by molar-refractivity contribution is 0.102. The normalized spacial score (nSPS) is 9.90. The van der Waals surface area contributed by atoms with Gasteiger partial charge in [-0.2, -0.15) is 5.26 Å². The van der Waals surface area contributed by atoms with Crippen LogP contribution in [0.4, 0.5) is 14.5 Å². The van der Waals surface area contributed by atoms with Crippen LogP contribution in [0.5, 0.6) is 0 Å². The van der Waals surface area contributed by atoms with Gasteiger partial charge in [0, 0.05) is 5.56 Å². The Bertz CT molecular complexity index is 720. The molecule has 0 aliphatic heterocycles. The number of hydrogen-bond donors (Lipinski definition) is 1. The molecule has 2 rings (SSSR count). The molecule has 3 nitrogen and oxygen atoms in total. The second kappa shape index (κ2) is 5.49. The van der Waals surface area contributed by atoms with Crippen LogP contribution in [0, 0.1) is 29.9 Å². The van der Waals surface area contributed by atoms with E-state index in [9.17, 15) is 13.6 Å². The summed E-state index contributed by atoms with van der Waals surface area (Å²) in [7, 11) is 0. The highest BCUT2D eigenvalue weighted by Crippen LogP contribution is 2.18. The Labute approximate surface area is 114 Å². The Kier molecular flexibility index (Phi) is 3.76. The molecule has 100 valence electrons. The highest BCUT2D eigenvalue weighted by molar-refractivity contribution is 6.05. The number of benzene rings is 2. The molecule has 0 heterocycles. The first-order chi connectivity index (χ1) is 9.51. The number of carbonyl (C=O) groups is 1. The molecule has 0 radical (unpaired) electrons. The lowest BCUT2D eigenvalue weighted by atomic mass is 10.1. The Morgan fingerprint density at radius 2 is 1.95 bits per heavy atom. The number of halogens is 2. The summed E-state index contributed by atoms with van der Waals surface area (Å²) >= 11 is 0. The predicted molar refractivity (Wildman–Crippen MR) is 70.2 cm³/mol. The summed E-state index contributed by atoms with van der Waals surface area (Å²) in [6.45, 7) is 1.66. The number of aryl methyl sites for hydroxylation is 1. The monoisotopic (exact) mass is 272 g/mol. The number of nitrogens with one attached hydrogen (secondary N) is 1. The van der Waals surface area contributed by atoms with Gasteiger partial charge in [-0.05, 0) is 42.8 Å². The summed E-state index contributed by atoms with van der Waals surface area (Å²) in [5, 5.41) is 11.0. The van der Waals surface area contributed by atoms with E-state index >= 15 is 0 Å². The van der Waals surface area contributed by atoms with E-state index in [4.69, 9.17) is 5.26 Å². The van der Waals surface area contributed by atoms with Crippen molar-refractivity contribution >= 4 is 11.6 Å². The van der Waals surface area contributed by atoms with Crippen molar-refractivity contribution in [2.75, 3.05) is 5.32 Å². The van der Waals surface area contributed by atoms with Crippen LogP contribution in [0.1, 0.15) is 21.5 Å². The summed E-state index contributed by atoms with van der Waals surface area (Å²) in [4.78, 5) is 12.0. The van der Waals surface area contributed by atoms with E-state index in [1.807, 2.05) is 0 Å². The van der Waals surface area contributed by atoms with Crippen molar-refractivity contribution in [3.63, 3.8) is 0 Å². The van der Waals surface area contributed by atoms with E-state index in [1.165, 1.54) is 24.3 Å². The van der Waals surface area contributed by atoms with Crippen LogP contribution in [0.25, 0.3) is 0 Å². The number of carbonyl (C=O) groups excluding carboxylic acids is 1. The molecule has 0 saturated heterocycles. The zero-order chi connectivity index (χ0) is 14.7. The molecule has 20 heavy (non-hydrogen) atoms. The minimum Gasteiger partial charge on any atom is -0.319 e. The van der Waals surface area contributed by atoms with Crippen molar-refractivity contribution in [2.24, 2.45) is 0 Å². The van der Waals surface area contributed by atoms with Gasteiger partial charge in [-0.25, -0.2) is 8.78 Å². The zero-order valence-electron chi connectivity index (χ0n) is 10.6. The fourth-order valence-electron chi connectivity index (χ4n) is 1.71. The van der Waals surface area contributed by atoms with Crippen molar-refractivity contribution < 1.29 is 13.6 Å². The van der Waals surface area contributed by atoms with Gasteiger partial charge >= 0.3 is 0 Å². The molecular formula is C15H10F2N2O. The third kappa shape index (κ3) is 2.81. The summed E-state index contributed by atoms with van der Waals surface area (Å²) in [5.74, 6) is -1.86. The molecule has 0 aliphatic carbocycles. The van der Waals surface area contributed by atoms with Gasteiger partial charge in [-0.1, -0.05) is 6.07 Å². The predicted octanol–water partition coefficient (Wildman–Crippen LogP) is 3.40. The smallest absolute Gasteiger partial charge is 0.256 e. The number of nitrogens with zero attached hydrogens (tertiary/aromatic N) is 1. The van der Waals surface area contributed by atoms with Gasteiger partial charge in [0.2, 0.25) is 0 Å². The molecule has 0 bridgehead atoms. The maximum Gasteiger partial charge on any atom is 0.256 e. The van der Waals surface area contributed by atoms with Gasteiger partial charge in [-0.15, -0.1) is 0 Å². The minimum atomic E-state index is -0.716. The SMILES string of the molecule is Cc1ccc(F)cc1C(=O)Nc1ccc(C#N)cc1F. The summed E-state index contributed by atoms with van der Waals surface area (Å²) in [5.41, 5.74) is 0.812. The van der Waals surface area contributed by atoms with Gasteiger partial charge in [0.05, 0.1) is 17.3 Å². The molecule has 1 amide bonds. The van der Waals surface area contributed by atoms with Crippen LogP contribution in [0.2, 0.25) is 0 Å². The van der Waals surface area contributed by atoms with Crippen LogP contribution >= 0.6 is 0 Å². The van der Waals surface area contributed by atoms with Crippen LogP contribution in [-0.2, 0) is 0 Å². The molecule has 0 atom stereocenters. The Hall–Kier alpha value is -2.74. The fraction of sp³-hybridized carbons (Fsp3) is 0.0667. The van der Waals surface area contributed by atoms with Crippen molar-refractivity contribution in [3.8, 4) is 6.07 Å². The second-order valence-corrected chi connectivity index (χ2v) is 4.22. The number of amides is 1. The molecular weight excluding hydrogens is 262 g/mol. The first kappa shape index (κ1) is 13.7. The molecule has 0 fully saturated rings. The van der Waals surface area contributed by atoms with Crippen LogP contribution in [-0.4, -0.2) is 5.91 Å². The first-order valence-corrected chi connectivity index (χ1v) is 5.78. The van der Waals surface area contributed by atoms with Crippen LogP contribution in [0.15, 0.2) is 36.4 Å². The quantitative estimate of drug-likeness (QED) is 0.911. The molecule has 2 aromatic rings. The van der Waals surface area contributed by atoms with Gasteiger partial charge in [-0.3, -0.25) is 4.79 Å². The second-order valence-electron chi connectivity index (χ2n) is 4.22. The highest BCUT2D eigenvalue weighted by Gasteiger charge is 2.13. The number of rotatable bonds is 2. The van der Waals surface area contributed by atoms with Crippen LogP contribution < -0.4 is 5.32 Å². The third-order valence-electron chi connectivity index (χ3n) is 2.79. The van der Waals surface area contributed by atoms with E-state index in [1.54, 1.807) is 13.0 Å². The average molecular weight is 272 g/mol. The summed E-state index contributed by atoms with van der Waals surface area (Å²) < 4.78 is 26.8. The Morgan fingerprint density at radius 3 is 2.60 bits per heavy atom. The first-order valence-electron chi connectivity index (χ1n) is 5.78. The van der Waals surface area contributed by atoms with Gasteiger partial charge in [0.25, 0.3) is 5.91 Å². The molecule has 1 N–H and O–H groups in total. The molecule has 5 heteroatoms. The molecule has 0 aromatic heterocycles. The van der Waals surface area contributed by atoms with Gasteiger partial charge < -0.3 is 5.32 Å². The van der Waals surface area contributed by atoms with Crippen molar-refractivity contribution in [2.45, 2.75) is 6.92 Å². The molecule has 0 unspecified atom stereocenters. The zero-order valence-corrected chi connectivity index (χ0v) is 10.6. The summed E-state index contributed by atoms with van der Waals surface area (Å²) in [6, 6.07) is 9.30. The lowest BCUT2D eigenvalue weighted by Crippen LogP contribution is -2.14. The third-order valence-corrected chi connectivity index (χ3v) is 2.79. The number of anilines is 1. The molecule has 0 saturated carbocycles. The van der Waals surface area contributed by atoms with Crippen molar-refractivity contribution in [1.29, 1.82) is 5.26 Å². The summed E-state index contributed by atoms with van der Waals surface area (Å²) in [6.07, 6.45) is 0. The molecule has 0 aliphatic rings. The molecule has 0 spiro atoms. The van der Waals surface area contributed by atoms with E-state index in [-0.39, 0.29) is 16.8 Å². The Balaban J connectivity index is 2.28. The van der Waals surface area contributed by atoms with Gasteiger partial charge in [0.1, 0.15) is 11.6 Å². The van der Waals surface area contributed by atoms with E-state index < -0.39 is 17.5 Å². The maximum atomic E-state index is 13.7. The molecule has 2 aromatic carbocycles. The van der Waals surface area contributed by atoms with Crippen molar-refractivity contribution in [3.05, 3.63) is 64.7 Å². The Morgan fingerprint density at radius 1 is 1.20 bits per heavy atom. The van der Waals surface area contributed by atoms with Crippen molar-refractivity contribution in [1.82, 2.24) is 0 Å². The lowest BCUT2D eigenvalue weighted by Gasteiger charge is -2.08. The van der Waals surface area contributed by atoms with Gasteiger partial charge in [0.15, 0.2) is 0 Å². The standard InChI is InChI=1S/C15H10F2N2O/c1-9-2-4-11(16)7-12(9)15(20)19-14-5-3-10(8-18)6-13(14)17/h2-7H,1H3,(H,19,20). The van der Waals surface area contributed by atoms with E-state index in [0.29, 0.717) is 5.56 Å². The number of hydrogen-bond acceptors (Lipinski definition) is 2. The maximum absolute atomic E-state index is 13.7. The fourth-order valence-corrected chi connectivity index (χ4v) is 1.71. The largest absolute Gasteiger partial charge is 0.319 e. The topological polar surface area (TPSA) is 52.9 Å². The minimum absolute atomic E-state index is 0.0577. The highest BCUT2D eigenvalue weighted by atomic mass is 19.1. The van der Waals surface area contributed by atoms with E-state index in [2.05, 4.69) is 5.32 Å². The number of nitriles is 1. The van der Waals surface area contributed by atoms with Crippen LogP contribution in [0.3, 0.4) is 0 Å². The van der Waals surface area contributed by atoms with E-state index in [0.717, 1.165) is 12.1 Å².